The first kappa shape index (κ1) is 14.9. The first-order valence-electron chi connectivity index (χ1n) is 5.80. The van der Waals surface area contributed by atoms with Gasteiger partial charge in [-0.1, -0.05) is 0 Å². The summed E-state index contributed by atoms with van der Waals surface area (Å²) in [5, 5.41) is 8.62. The van der Waals surface area contributed by atoms with E-state index in [1.165, 1.54) is 6.20 Å². The number of carbonyl (C=O) groups is 1. The lowest BCUT2D eigenvalue weighted by molar-refractivity contribution is 0.0700. The molecule has 0 spiro atoms. The fraction of sp³-hybridized carbons (Fsp3) is 0.417. The van der Waals surface area contributed by atoms with Crippen molar-refractivity contribution < 1.29 is 9.53 Å². The quantitative estimate of drug-likeness (QED) is 0.544. The Labute approximate surface area is 111 Å². The van der Waals surface area contributed by atoms with Crippen LogP contribution in [0, 0.1) is 11.3 Å². The third-order valence-electron chi connectivity index (χ3n) is 2.50. The average Bonchev–Trinajstić information content (AvgIpc) is 2.47. The molecule has 19 heavy (non-hydrogen) atoms. The van der Waals surface area contributed by atoms with Crippen LogP contribution in [-0.4, -0.2) is 42.6 Å². The minimum Gasteiger partial charge on any atom is -0.383 e. The van der Waals surface area contributed by atoms with Crippen molar-refractivity contribution in [3.63, 3.8) is 0 Å². The van der Waals surface area contributed by atoms with Crippen LogP contribution in [-0.2, 0) is 4.74 Å². The van der Waals surface area contributed by atoms with Crippen molar-refractivity contribution >= 4 is 11.7 Å². The van der Waals surface area contributed by atoms with E-state index in [0.717, 1.165) is 0 Å². The average molecular weight is 263 g/mol. The van der Waals surface area contributed by atoms with Gasteiger partial charge >= 0.3 is 0 Å². The van der Waals surface area contributed by atoms with Gasteiger partial charge in [0, 0.05) is 32.0 Å². The Morgan fingerprint density at radius 3 is 3.05 bits per heavy atom. The van der Waals surface area contributed by atoms with Crippen LogP contribution < -0.4 is 11.3 Å². The Morgan fingerprint density at radius 1 is 1.63 bits per heavy atom. The summed E-state index contributed by atoms with van der Waals surface area (Å²) in [4.78, 5) is 17.8. The summed E-state index contributed by atoms with van der Waals surface area (Å²) in [6, 6.07) is 5.19. The van der Waals surface area contributed by atoms with Crippen molar-refractivity contribution in [1.82, 2.24) is 9.88 Å². The lowest BCUT2D eigenvalue weighted by atomic mass is 10.2. The van der Waals surface area contributed by atoms with Crippen molar-refractivity contribution in [2.24, 2.45) is 5.84 Å². The van der Waals surface area contributed by atoms with Crippen LogP contribution in [0.25, 0.3) is 0 Å². The number of amides is 1. The fourth-order valence-corrected chi connectivity index (χ4v) is 1.53. The van der Waals surface area contributed by atoms with Crippen molar-refractivity contribution in [3.8, 4) is 6.07 Å². The maximum absolute atomic E-state index is 12.3. The van der Waals surface area contributed by atoms with E-state index in [9.17, 15) is 4.79 Å². The third kappa shape index (κ3) is 4.54. The highest BCUT2D eigenvalue weighted by atomic mass is 16.5. The first-order chi connectivity index (χ1) is 9.22. The lowest BCUT2D eigenvalue weighted by Crippen LogP contribution is -2.34. The molecule has 0 aliphatic heterocycles. The van der Waals surface area contributed by atoms with Gasteiger partial charge in [-0.25, -0.2) is 10.8 Å². The van der Waals surface area contributed by atoms with Gasteiger partial charge in [0.2, 0.25) is 0 Å². The van der Waals surface area contributed by atoms with E-state index in [2.05, 4.69) is 10.4 Å². The van der Waals surface area contributed by atoms with Gasteiger partial charge in [-0.2, -0.15) is 5.26 Å². The molecular weight excluding hydrogens is 246 g/mol. The van der Waals surface area contributed by atoms with Gasteiger partial charge in [0.25, 0.3) is 5.91 Å². The van der Waals surface area contributed by atoms with Gasteiger partial charge < -0.3 is 15.1 Å². The summed E-state index contributed by atoms with van der Waals surface area (Å²) < 4.78 is 4.96. The summed E-state index contributed by atoms with van der Waals surface area (Å²) in [7, 11) is 1.57. The minimum absolute atomic E-state index is 0.175. The van der Waals surface area contributed by atoms with Crippen molar-refractivity contribution in [2.75, 3.05) is 32.2 Å². The lowest BCUT2D eigenvalue weighted by Gasteiger charge is -2.21. The van der Waals surface area contributed by atoms with Crippen molar-refractivity contribution in [3.05, 3.63) is 23.9 Å². The van der Waals surface area contributed by atoms with E-state index in [4.69, 9.17) is 15.8 Å². The van der Waals surface area contributed by atoms with Crippen LogP contribution in [0.3, 0.4) is 0 Å². The van der Waals surface area contributed by atoms with Gasteiger partial charge in [-0.15, -0.1) is 0 Å². The number of nitriles is 1. The highest BCUT2D eigenvalue weighted by Gasteiger charge is 2.15. The molecule has 0 fully saturated rings. The Bertz CT molecular complexity index is 458. The summed E-state index contributed by atoms with van der Waals surface area (Å²) in [5.41, 5.74) is 2.86. The number of nitrogens with zero attached hydrogens (tertiary/aromatic N) is 3. The van der Waals surface area contributed by atoms with Gasteiger partial charge in [0.15, 0.2) is 0 Å². The van der Waals surface area contributed by atoms with Crippen LogP contribution in [0.2, 0.25) is 0 Å². The normalized spacial score (nSPS) is 9.74. The molecule has 7 nitrogen and oxygen atoms in total. The van der Waals surface area contributed by atoms with E-state index >= 15 is 0 Å². The number of rotatable bonds is 7. The predicted molar refractivity (Wildman–Crippen MR) is 70.1 cm³/mol. The minimum atomic E-state index is -0.175. The topological polar surface area (TPSA) is 104 Å². The smallest absolute Gasteiger partial charge is 0.254 e. The number of nitrogens with one attached hydrogen (secondary N) is 1. The number of methoxy groups -OCH3 is 1. The second-order valence-corrected chi connectivity index (χ2v) is 3.77. The monoisotopic (exact) mass is 263 g/mol. The van der Waals surface area contributed by atoms with Gasteiger partial charge in [-0.05, 0) is 12.1 Å². The SMILES string of the molecule is COCCN(CCC#N)C(=O)c1ccnc(NN)c1. The number of aromatic nitrogens is 1. The molecule has 3 N–H and O–H groups in total. The number of hydrazine groups is 1. The van der Waals surface area contributed by atoms with Gasteiger partial charge in [0.1, 0.15) is 5.82 Å². The highest BCUT2D eigenvalue weighted by molar-refractivity contribution is 5.94. The molecule has 0 saturated heterocycles. The van der Waals surface area contributed by atoms with Gasteiger partial charge in [0.05, 0.1) is 19.1 Å². The number of anilines is 1. The molecule has 1 aromatic rings. The molecular formula is C12H17N5O2. The second-order valence-electron chi connectivity index (χ2n) is 3.77. The number of ether oxygens (including phenoxy) is 1. The third-order valence-corrected chi connectivity index (χ3v) is 2.50. The summed E-state index contributed by atoms with van der Waals surface area (Å²) >= 11 is 0. The molecule has 1 heterocycles. The predicted octanol–water partition coefficient (Wildman–Crippen LogP) is 0.369. The van der Waals surface area contributed by atoms with E-state index in [1.807, 2.05) is 6.07 Å². The van der Waals surface area contributed by atoms with Crippen molar-refractivity contribution in [1.29, 1.82) is 5.26 Å². The van der Waals surface area contributed by atoms with Crippen LogP contribution in [0.15, 0.2) is 18.3 Å². The highest BCUT2D eigenvalue weighted by Crippen LogP contribution is 2.09. The molecule has 1 aromatic heterocycles. The van der Waals surface area contributed by atoms with E-state index in [0.29, 0.717) is 31.1 Å². The maximum Gasteiger partial charge on any atom is 0.254 e. The number of hydrogen-bond acceptors (Lipinski definition) is 6. The fourth-order valence-electron chi connectivity index (χ4n) is 1.53. The molecule has 7 heteroatoms. The van der Waals surface area contributed by atoms with E-state index < -0.39 is 0 Å². The Balaban J connectivity index is 2.81. The summed E-state index contributed by atoms with van der Waals surface area (Å²) in [5.74, 6) is 5.49. The Hall–Kier alpha value is -2.17. The largest absolute Gasteiger partial charge is 0.383 e. The summed E-state index contributed by atoms with van der Waals surface area (Å²) in [6.45, 7) is 1.22. The van der Waals surface area contributed by atoms with Crippen LogP contribution >= 0.6 is 0 Å². The molecule has 1 rings (SSSR count). The Morgan fingerprint density at radius 2 is 2.42 bits per heavy atom. The zero-order valence-corrected chi connectivity index (χ0v) is 10.8. The molecule has 0 saturated carbocycles. The van der Waals surface area contributed by atoms with Crippen molar-refractivity contribution in [2.45, 2.75) is 6.42 Å². The van der Waals surface area contributed by atoms with Gasteiger partial charge in [-0.3, -0.25) is 4.79 Å². The van der Waals surface area contributed by atoms with Crippen LogP contribution in [0.5, 0.6) is 0 Å². The number of hydrogen-bond donors (Lipinski definition) is 2. The van der Waals surface area contributed by atoms with Crippen LogP contribution in [0.4, 0.5) is 5.82 Å². The number of nitrogens with two attached hydrogens (primary N) is 1. The molecule has 0 aromatic carbocycles. The zero-order chi connectivity index (χ0) is 14.1. The molecule has 0 unspecified atom stereocenters. The molecule has 1 amide bonds. The molecule has 102 valence electrons. The molecule has 0 bridgehead atoms. The number of nitrogen functional groups attached to an aromatic ring is 1. The van der Waals surface area contributed by atoms with Crippen LogP contribution in [0.1, 0.15) is 16.8 Å². The molecule has 0 aliphatic rings. The standard InChI is InChI=1S/C12H17N5O2/c1-19-8-7-17(6-2-4-13)12(18)10-3-5-15-11(9-10)16-14/h3,5,9H,2,6-8,14H2,1H3,(H,15,16). The first-order valence-corrected chi connectivity index (χ1v) is 5.80. The van der Waals surface area contributed by atoms with E-state index in [-0.39, 0.29) is 12.3 Å². The Kier molecular flexibility index (Phi) is 6.29. The van der Waals surface area contributed by atoms with E-state index in [1.54, 1.807) is 24.1 Å². The molecule has 0 aliphatic carbocycles. The maximum atomic E-state index is 12.3. The number of pyridine rings is 1. The molecule has 0 atom stereocenters. The zero-order valence-electron chi connectivity index (χ0n) is 10.8. The second kappa shape index (κ2) is 8.02. The summed E-state index contributed by atoms with van der Waals surface area (Å²) in [6.07, 6.45) is 1.78. The molecule has 0 radical (unpaired) electrons. The number of carbonyl (C=O) groups excluding carboxylic acids is 1.